The molecule has 0 bridgehead atoms. The summed E-state index contributed by atoms with van der Waals surface area (Å²) in [6.45, 7) is -0.209. The van der Waals surface area contributed by atoms with Crippen LogP contribution in [0.4, 0.5) is 0 Å². The lowest BCUT2D eigenvalue weighted by molar-refractivity contribution is 0.294. The first kappa shape index (κ1) is 14.4. The van der Waals surface area contributed by atoms with Gasteiger partial charge in [-0.2, -0.15) is 8.42 Å². The second-order valence-electron chi connectivity index (χ2n) is 1.62. The molecule has 0 aliphatic heterocycles. The van der Waals surface area contributed by atoms with E-state index in [4.69, 9.17) is 24.0 Å². The Balaban J connectivity index is 0. The van der Waals surface area contributed by atoms with Crippen LogP contribution in [0.15, 0.2) is 0 Å². The fraction of sp³-hybridized carbons (Fsp3) is 1.00. The molecule has 0 aliphatic carbocycles. The molecule has 74 valence electrons. The molecule has 0 aromatic carbocycles. The van der Waals surface area contributed by atoms with Crippen molar-refractivity contribution in [2.45, 2.75) is 6.42 Å². The van der Waals surface area contributed by atoms with Gasteiger partial charge in [-0.1, -0.05) is 0 Å². The zero-order chi connectivity index (χ0) is 10.2. The van der Waals surface area contributed by atoms with Crippen molar-refractivity contribution in [3.8, 4) is 0 Å². The second kappa shape index (κ2) is 7.53. The molecule has 0 saturated carbocycles. The highest BCUT2D eigenvalue weighted by Crippen LogP contribution is 1.98. The summed E-state index contributed by atoms with van der Waals surface area (Å²) in [5.41, 5.74) is 0. The van der Waals surface area contributed by atoms with Gasteiger partial charge in [0.1, 0.15) is 0 Å². The molecule has 0 heterocycles. The van der Waals surface area contributed by atoms with Gasteiger partial charge < -0.3 is 5.11 Å². The number of rotatable bonds is 3. The molecule has 4 N–H and O–H groups in total. The Morgan fingerprint density at radius 2 is 1.58 bits per heavy atom. The maximum absolute atomic E-state index is 9.83. The maximum atomic E-state index is 9.83. The Kier molecular flexibility index (Phi) is 9.05. The van der Waals surface area contributed by atoms with Gasteiger partial charge in [0.2, 0.25) is 0 Å². The highest BCUT2D eigenvalue weighted by atomic mass is 32.2. The van der Waals surface area contributed by atoms with E-state index in [-0.39, 0.29) is 18.8 Å². The molecule has 0 aromatic rings. The van der Waals surface area contributed by atoms with Crippen LogP contribution in [0.5, 0.6) is 0 Å². The van der Waals surface area contributed by atoms with Crippen molar-refractivity contribution < 1.29 is 32.4 Å². The lowest BCUT2D eigenvalue weighted by atomic mass is 10.5. The summed E-state index contributed by atoms with van der Waals surface area (Å²) in [7, 11) is -6.72. The third-order valence-electron chi connectivity index (χ3n) is 0.560. The van der Waals surface area contributed by atoms with Crippen LogP contribution in [0, 0.1) is 0 Å². The third-order valence-corrected chi connectivity index (χ3v) is 1.36. The van der Waals surface area contributed by atoms with Gasteiger partial charge in [-0.3, -0.25) is 4.55 Å². The molecule has 7 nitrogen and oxygen atoms in total. The SMILES string of the molecule is O=S(=O)(O)CCCO.O=[P+](O)O. The van der Waals surface area contributed by atoms with E-state index in [1.165, 1.54) is 0 Å². The molecule has 0 aliphatic rings. The minimum Gasteiger partial charge on any atom is -0.396 e. The van der Waals surface area contributed by atoms with Crippen molar-refractivity contribution in [2.24, 2.45) is 0 Å². The summed E-state index contributed by atoms with van der Waals surface area (Å²) in [5, 5.41) is 8.05. The molecule has 0 rings (SSSR count). The van der Waals surface area contributed by atoms with Crippen molar-refractivity contribution in [2.75, 3.05) is 12.4 Å². The Hall–Kier alpha value is -0.110. The van der Waals surface area contributed by atoms with Gasteiger partial charge in [0.15, 0.2) is 0 Å². The number of hydrogen-bond donors (Lipinski definition) is 4. The predicted molar refractivity (Wildman–Crippen MR) is 40.2 cm³/mol. The van der Waals surface area contributed by atoms with Gasteiger partial charge in [0.25, 0.3) is 10.1 Å². The van der Waals surface area contributed by atoms with E-state index in [9.17, 15) is 8.42 Å². The van der Waals surface area contributed by atoms with Crippen LogP contribution in [0.3, 0.4) is 0 Å². The molecule has 0 amide bonds. The third kappa shape index (κ3) is 32.7. The largest absolute Gasteiger partial charge is 0.692 e. The number of aliphatic hydroxyl groups is 1. The molecule has 0 atom stereocenters. The van der Waals surface area contributed by atoms with E-state index in [1.54, 1.807) is 0 Å². The van der Waals surface area contributed by atoms with Crippen LogP contribution in [-0.4, -0.2) is 40.2 Å². The van der Waals surface area contributed by atoms with Gasteiger partial charge in [0.05, 0.1) is 5.75 Å². The topological polar surface area (TPSA) is 132 Å². The van der Waals surface area contributed by atoms with Crippen molar-refractivity contribution >= 4 is 18.4 Å². The molecular weight excluding hydrogens is 211 g/mol. The lowest BCUT2D eigenvalue weighted by Crippen LogP contribution is -2.04. The molecule has 0 spiro atoms. The molecule has 0 unspecified atom stereocenters. The van der Waals surface area contributed by atoms with Gasteiger partial charge >= 0.3 is 8.25 Å². The van der Waals surface area contributed by atoms with Crippen molar-refractivity contribution in [1.29, 1.82) is 0 Å². The first-order valence-corrected chi connectivity index (χ1v) is 5.48. The summed E-state index contributed by atoms with van der Waals surface area (Å²) < 4.78 is 36.4. The Labute approximate surface area is 70.4 Å². The quantitative estimate of drug-likeness (QED) is 0.350. The average molecular weight is 221 g/mol. The van der Waals surface area contributed by atoms with Crippen molar-refractivity contribution in [3.05, 3.63) is 0 Å². The summed E-state index contributed by atoms with van der Waals surface area (Å²) >= 11 is 0. The Morgan fingerprint density at radius 3 is 1.67 bits per heavy atom. The van der Waals surface area contributed by atoms with E-state index in [0.29, 0.717) is 0 Å². The van der Waals surface area contributed by atoms with E-state index >= 15 is 0 Å². The smallest absolute Gasteiger partial charge is 0.396 e. The standard InChI is InChI=1S/C3H8O4S.HO3P/c4-2-1-3-8(5,6)7;1-4(2)3/h4H,1-3H2,(H,5,6,7);(H-,1,2,3)/p+1. The molecular formula is C3H10O7PS+. The number of hydrogen-bond acceptors (Lipinski definition) is 4. The van der Waals surface area contributed by atoms with Crippen LogP contribution < -0.4 is 0 Å². The maximum Gasteiger partial charge on any atom is 0.692 e. The van der Waals surface area contributed by atoms with Crippen LogP contribution in [0.25, 0.3) is 0 Å². The number of aliphatic hydroxyl groups excluding tert-OH is 1. The van der Waals surface area contributed by atoms with Gasteiger partial charge in [0, 0.05) is 11.2 Å². The summed E-state index contributed by atoms with van der Waals surface area (Å²) in [6, 6.07) is 0. The minimum atomic E-state index is -3.85. The fourth-order valence-electron chi connectivity index (χ4n) is 0.247. The monoisotopic (exact) mass is 221 g/mol. The van der Waals surface area contributed by atoms with Crippen LogP contribution in [0.2, 0.25) is 0 Å². The first-order chi connectivity index (χ1) is 5.29. The summed E-state index contributed by atoms with van der Waals surface area (Å²) in [4.78, 5) is 14.2. The Bertz CT molecular complexity index is 205. The highest BCUT2D eigenvalue weighted by Gasteiger charge is 2.00. The normalized spacial score (nSPS) is 10.0. The zero-order valence-corrected chi connectivity index (χ0v) is 7.70. The molecule has 9 heteroatoms. The highest BCUT2D eigenvalue weighted by molar-refractivity contribution is 7.85. The van der Waals surface area contributed by atoms with Crippen LogP contribution in [-0.2, 0) is 14.7 Å². The van der Waals surface area contributed by atoms with E-state index in [2.05, 4.69) is 0 Å². The minimum absolute atomic E-state index is 0.0961. The predicted octanol–water partition coefficient (Wildman–Crippen LogP) is -1.11. The van der Waals surface area contributed by atoms with E-state index in [0.717, 1.165) is 0 Å². The molecule has 0 saturated heterocycles. The van der Waals surface area contributed by atoms with Gasteiger partial charge in [-0.05, 0) is 6.42 Å². The summed E-state index contributed by atoms with van der Waals surface area (Å²) in [6.07, 6.45) is 0.0961. The van der Waals surface area contributed by atoms with Crippen LogP contribution >= 0.6 is 8.25 Å². The molecule has 0 radical (unpaired) electrons. The average Bonchev–Trinajstić information content (AvgIpc) is 1.80. The fourth-order valence-corrected chi connectivity index (χ4v) is 0.741. The lowest BCUT2D eigenvalue weighted by Gasteiger charge is -1.89. The Morgan fingerprint density at radius 1 is 1.25 bits per heavy atom. The second-order valence-corrected chi connectivity index (χ2v) is 3.69. The van der Waals surface area contributed by atoms with Crippen LogP contribution in [0.1, 0.15) is 6.42 Å². The van der Waals surface area contributed by atoms with Crippen molar-refractivity contribution in [1.82, 2.24) is 0 Å². The van der Waals surface area contributed by atoms with E-state index < -0.39 is 18.4 Å². The zero-order valence-electron chi connectivity index (χ0n) is 5.99. The van der Waals surface area contributed by atoms with E-state index in [1.807, 2.05) is 0 Å². The molecule has 12 heavy (non-hydrogen) atoms. The molecule has 0 aromatic heterocycles. The van der Waals surface area contributed by atoms with Crippen molar-refractivity contribution in [3.63, 3.8) is 0 Å². The molecule has 0 fully saturated rings. The first-order valence-electron chi connectivity index (χ1n) is 2.70. The summed E-state index contributed by atoms with van der Waals surface area (Å²) in [5.74, 6) is -0.358. The van der Waals surface area contributed by atoms with Gasteiger partial charge in [-0.15, -0.1) is 9.79 Å². The van der Waals surface area contributed by atoms with Gasteiger partial charge in [-0.25, -0.2) is 0 Å².